The second kappa shape index (κ2) is 7.36. The normalized spacial score (nSPS) is 14.8. The van der Waals surface area contributed by atoms with Crippen molar-refractivity contribution in [1.82, 2.24) is 4.90 Å². The molecular formula is C15H24N2O2. The Labute approximate surface area is 115 Å². The minimum atomic E-state index is 0.736. The van der Waals surface area contributed by atoms with Gasteiger partial charge in [0.05, 0.1) is 13.2 Å². The molecule has 0 amide bonds. The van der Waals surface area contributed by atoms with E-state index in [2.05, 4.69) is 4.90 Å². The molecule has 0 aliphatic heterocycles. The minimum Gasteiger partial charge on any atom is -0.493 e. The molecule has 106 valence electrons. The summed E-state index contributed by atoms with van der Waals surface area (Å²) in [6.45, 7) is 3.65. The van der Waals surface area contributed by atoms with Crippen LogP contribution in [0.15, 0.2) is 24.3 Å². The van der Waals surface area contributed by atoms with Crippen LogP contribution in [-0.4, -0.2) is 44.4 Å². The highest BCUT2D eigenvalue weighted by atomic mass is 16.5. The predicted octanol–water partition coefficient (Wildman–Crippen LogP) is 2.15. The lowest BCUT2D eigenvalue weighted by Crippen LogP contribution is -2.31. The topological polar surface area (TPSA) is 47.7 Å². The maximum atomic E-state index is 5.71. The van der Waals surface area contributed by atoms with Crippen molar-refractivity contribution in [2.24, 2.45) is 0 Å². The highest BCUT2D eigenvalue weighted by molar-refractivity contribution is 5.43. The Kier molecular flexibility index (Phi) is 5.48. The molecule has 0 saturated heterocycles. The van der Waals surface area contributed by atoms with Crippen LogP contribution in [0.3, 0.4) is 0 Å². The van der Waals surface area contributed by atoms with Gasteiger partial charge in [-0.3, -0.25) is 4.90 Å². The highest BCUT2D eigenvalue weighted by Crippen LogP contribution is 2.26. The van der Waals surface area contributed by atoms with Crippen molar-refractivity contribution in [3.05, 3.63) is 24.3 Å². The van der Waals surface area contributed by atoms with Crippen molar-refractivity contribution in [2.45, 2.75) is 25.3 Å². The quantitative estimate of drug-likeness (QED) is 0.548. The van der Waals surface area contributed by atoms with E-state index in [1.807, 2.05) is 24.3 Å². The molecule has 2 rings (SSSR count). The Balaban J connectivity index is 1.64. The van der Waals surface area contributed by atoms with Gasteiger partial charge in [-0.15, -0.1) is 0 Å². The number of anilines is 1. The van der Waals surface area contributed by atoms with Crippen LogP contribution in [0.1, 0.15) is 19.3 Å². The summed E-state index contributed by atoms with van der Waals surface area (Å²) in [7, 11) is 1.76. The van der Waals surface area contributed by atoms with Crippen LogP contribution in [0, 0.1) is 0 Å². The third kappa shape index (κ3) is 5.09. The lowest BCUT2D eigenvalue weighted by Gasteiger charge is -2.21. The molecule has 0 aromatic heterocycles. The second-order valence-corrected chi connectivity index (χ2v) is 5.03. The van der Waals surface area contributed by atoms with Crippen LogP contribution in [0.25, 0.3) is 0 Å². The van der Waals surface area contributed by atoms with Crippen LogP contribution in [0.4, 0.5) is 5.69 Å². The Bertz CT molecular complexity index is 380. The fourth-order valence-electron chi connectivity index (χ4n) is 2.19. The SMILES string of the molecule is COCCN(CCCOc1cccc(N)c1)C1CC1. The summed E-state index contributed by atoms with van der Waals surface area (Å²) in [6.07, 6.45) is 3.70. The zero-order chi connectivity index (χ0) is 13.5. The van der Waals surface area contributed by atoms with Gasteiger partial charge in [-0.2, -0.15) is 0 Å². The van der Waals surface area contributed by atoms with E-state index in [1.54, 1.807) is 7.11 Å². The van der Waals surface area contributed by atoms with E-state index < -0.39 is 0 Å². The van der Waals surface area contributed by atoms with Crippen molar-refractivity contribution < 1.29 is 9.47 Å². The van der Waals surface area contributed by atoms with Gasteiger partial charge in [-0.05, 0) is 31.4 Å². The first-order valence-corrected chi connectivity index (χ1v) is 7.01. The van der Waals surface area contributed by atoms with Gasteiger partial charge in [0.15, 0.2) is 0 Å². The molecule has 19 heavy (non-hydrogen) atoms. The van der Waals surface area contributed by atoms with Crippen molar-refractivity contribution in [3.63, 3.8) is 0 Å². The average Bonchev–Trinajstić information content (AvgIpc) is 3.22. The fraction of sp³-hybridized carbons (Fsp3) is 0.600. The Hall–Kier alpha value is -1.26. The van der Waals surface area contributed by atoms with Crippen LogP contribution < -0.4 is 10.5 Å². The fourth-order valence-corrected chi connectivity index (χ4v) is 2.19. The van der Waals surface area contributed by atoms with Gasteiger partial charge in [-0.25, -0.2) is 0 Å². The molecule has 4 nitrogen and oxygen atoms in total. The van der Waals surface area contributed by atoms with Gasteiger partial charge in [0.1, 0.15) is 5.75 Å². The van der Waals surface area contributed by atoms with Gasteiger partial charge in [0.2, 0.25) is 0 Å². The van der Waals surface area contributed by atoms with E-state index in [-0.39, 0.29) is 0 Å². The lowest BCUT2D eigenvalue weighted by molar-refractivity contribution is 0.138. The number of hydrogen-bond donors (Lipinski definition) is 1. The van der Waals surface area contributed by atoms with E-state index in [1.165, 1.54) is 12.8 Å². The number of nitrogens with zero attached hydrogens (tertiary/aromatic N) is 1. The molecule has 0 spiro atoms. The summed E-state index contributed by atoms with van der Waals surface area (Å²) in [5.74, 6) is 0.856. The number of methoxy groups -OCH3 is 1. The largest absolute Gasteiger partial charge is 0.493 e. The van der Waals surface area contributed by atoms with E-state index in [0.29, 0.717) is 0 Å². The van der Waals surface area contributed by atoms with Crippen LogP contribution in [0.2, 0.25) is 0 Å². The molecule has 0 bridgehead atoms. The third-order valence-corrected chi connectivity index (χ3v) is 3.36. The molecule has 1 aromatic rings. The van der Waals surface area contributed by atoms with Gasteiger partial charge >= 0.3 is 0 Å². The van der Waals surface area contributed by atoms with Crippen LogP contribution in [0.5, 0.6) is 5.75 Å². The third-order valence-electron chi connectivity index (χ3n) is 3.36. The molecule has 0 radical (unpaired) electrons. The molecule has 2 N–H and O–H groups in total. The van der Waals surface area contributed by atoms with Crippen LogP contribution in [-0.2, 0) is 4.74 Å². The average molecular weight is 264 g/mol. The number of nitrogen functional groups attached to an aromatic ring is 1. The predicted molar refractivity (Wildman–Crippen MR) is 77.4 cm³/mol. The standard InChI is InChI=1S/C15H24N2O2/c1-18-11-9-17(14-6-7-14)8-3-10-19-15-5-2-4-13(16)12-15/h2,4-5,12,14H,3,6-11,16H2,1H3. The molecule has 1 fully saturated rings. The van der Waals surface area contributed by atoms with Crippen molar-refractivity contribution in [3.8, 4) is 5.75 Å². The molecule has 1 aromatic carbocycles. The summed E-state index contributed by atoms with van der Waals surface area (Å²) in [5, 5.41) is 0. The van der Waals surface area contributed by atoms with Crippen molar-refractivity contribution in [1.29, 1.82) is 0 Å². The molecule has 0 atom stereocenters. The Morgan fingerprint density at radius 1 is 1.26 bits per heavy atom. The first-order valence-electron chi connectivity index (χ1n) is 7.01. The number of benzene rings is 1. The number of hydrogen-bond acceptors (Lipinski definition) is 4. The van der Waals surface area contributed by atoms with Gasteiger partial charge in [0, 0.05) is 38.0 Å². The van der Waals surface area contributed by atoms with Crippen molar-refractivity contribution >= 4 is 5.69 Å². The molecule has 4 heteroatoms. The molecule has 0 heterocycles. The van der Waals surface area contributed by atoms with Gasteiger partial charge in [0.25, 0.3) is 0 Å². The number of rotatable bonds is 9. The molecule has 1 aliphatic rings. The molecular weight excluding hydrogens is 240 g/mol. The minimum absolute atomic E-state index is 0.736. The number of ether oxygens (including phenoxy) is 2. The summed E-state index contributed by atoms with van der Waals surface area (Å²) in [6, 6.07) is 8.37. The number of nitrogens with two attached hydrogens (primary N) is 1. The Morgan fingerprint density at radius 3 is 2.79 bits per heavy atom. The van der Waals surface area contributed by atoms with E-state index in [4.69, 9.17) is 15.2 Å². The maximum absolute atomic E-state index is 5.71. The second-order valence-electron chi connectivity index (χ2n) is 5.03. The van der Waals surface area contributed by atoms with E-state index in [0.717, 1.165) is 50.2 Å². The highest BCUT2D eigenvalue weighted by Gasteiger charge is 2.27. The maximum Gasteiger partial charge on any atom is 0.121 e. The van der Waals surface area contributed by atoms with Crippen molar-refractivity contribution in [2.75, 3.05) is 39.1 Å². The van der Waals surface area contributed by atoms with E-state index in [9.17, 15) is 0 Å². The van der Waals surface area contributed by atoms with Gasteiger partial charge in [-0.1, -0.05) is 6.07 Å². The summed E-state index contributed by atoms with van der Waals surface area (Å²) >= 11 is 0. The zero-order valence-electron chi connectivity index (χ0n) is 11.7. The zero-order valence-corrected chi connectivity index (χ0v) is 11.7. The smallest absolute Gasteiger partial charge is 0.121 e. The lowest BCUT2D eigenvalue weighted by atomic mass is 10.3. The molecule has 1 saturated carbocycles. The summed E-state index contributed by atoms with van der Waals surface area (Å²) in [5.41, 5.74) is 6.46. The van der Waals surface area contributed by atoms with E-state index >= 15 is 0 Å². The summed E-state index contributed by atoms with van der Waals surface area (Å²) in [4.78, 5) is 2.51. The molecule has 1 aliphatic carbocycles. The summed E-state index contributed by atoms with van der Waals surface area (Å²) < 4.78 is 10.9. The molecule has 0 unspecified atom stereocenters. The first-order chi connectivity index (χ1) is 9.29. The van der Waals surface area contributed by atoms with Crippen LogP contribution >= 0.6 is 0 Å². The van der Waals surface area contributed by atoms with Gasteiger partial charge < -0.3 is 15.2 Å². The monoisotopic (exact) mass is 264 g/mol. The Morgan fingerprint density at radius 2 is 2.11 bits per heavy atom. The first kappa shape index (κ1) is 14.2.